The summed E-state index contributed by atoms with van der Waals surface area (Å²) in [6, 6.07) is 5.41. The minimum Gasteiger partial charge on any atom is -0.318 e. The summed E-state index contributed by atoms with van der Waals surface area (Å²) >= 11 is 3.39. The van der Waals surface area contributed by atoms with Crippen LogP contribution in [0.2, 0.25) is 0 Å². The SMILES string of the molecule is CNCCn1cc(S(=O)(=O)Nc2cccc(C)c2Br)cn1. The lowest BCUT2D eigenvalue weighted by atomic mass is 10.2. The molecule has 8 heteroatoms. The Labute approximate surface area is 132 Å². The van der Waals surface area contributed by atoms with E-state index in [1.165, 1.54) is 12.4 Å². The zero-order valence-electron chi connectivity index (χ0n) is 11.8. The fourth-order valence-corrected chi connectivity index (χ4v) is 3.28. The highest BCUT2D eigenvalue weighted by atomic mass is 79.9. The first-order valence-corrected chi connectivity index (χ1v) is 8.66. The summed E-state index contributed by atoms with van der Waals surface area (Å²) in [4.78, 5) is 0.145. The van der Waals surface area contributed by atoms with Crippen LogP contribution in [-0.4, -0.2) is 31.8 Å². The van der Waals surface area contributed by atoms with Gasteiger partial charge in [-0.3, -0.25) is 9.40 Å². The van der Waals surface area contributed by atoms with Crippen LogP contribution in [0.4, 0.5) is 5.69 Å². The topological polar surface area (TPSA) is 76.0 Å². The summed E-state index contributed by atoms with van der Waals surface area (Å²) < 4.78 is 29.6. The number of sulfonamides is 1. The van der Waals surface area contributed by atoms with Crippen LogP contribution < -0.4 is 10.0 Å². The molecule has 0 fully saturated rings. The number of aromatic nitrogens is 2. The number of hydrogen-bond acceptors (Lipinski definition) is 4. The fraction of sp³-hybridized carbons (Fsp3) is 0.308. The molecule has 0 spiro atoms. The van der Waals surface area contributed by atoms with Gasteiger partial charge in [-0.2, -0.15) is 5.10 Å². The first kappa shape index (κ1) is 16.0. The highest BCUT2D eigenvalue weighted by molar-refractivity contribution is 9.10. The molecule has 1 heterocycles. The average molecular weight is 373 g/mol. The summed E-state index contributed by atoms with van der Waals surface area (Å²) in [6.07, 6.45) is 2.87. The summed E-state index contributed by atoms with van der Waals surface area (Å²) in [7, 11) is -1.81. The van der Waals surface area contributed by atoms with E-state index in [2.05, 4.69) is 31.1 Å². The van der Waals surface area contributed by atoms with E-state index in [0.717, 1.165) is 16.6 Å². The van der Waals surface area contributed by atoms with Crippen molar-refractivity contribution in [1.82, 2.24) is 15.1 Å². The number of likely N-dealkylation sites (N-methyl/N-ethyl adjacent to an activating group) is 1. The Balaban J connectivity index is 2.22. The number of halogens is 1. The largest absolute Gasteiger partial charge is 0.318 e. The van der Waals surface area contributed by atoms with Crippen LogP contribution in [0.25, 0.3) is 0 Å². The molecule has 1 aromatic heterocycles. The molecule has 0 amide bonds. The summed E-state index contributed by atoms with van der Waals surface area (Å²) in [5.74, 6) is 0. The smallest absolute Gasteiger partial charge is 0.265 e. The van der Waals surface area contributed by atoms with E-state index in [1.807, 2.05) is 20.0 Å². The molecular formula is C13H17BrN4O2S. The van der Waals surface area contributed by atoms with Gasteiger partial charge in [-0.25, -0.2) is 8.42 Å². The number of aryl methyl sites for hydroxylation is 1. The second kappa shape index (κ2) is 6.59. The van der Waals surface area contributed by atoms with E-state index >= 15 is 0 Å². The van der Waals surface area contributed by atoms with Gasteiger partial charge < -0.3 is 5.32 Å². The van der Waals surface area contributed by atoms with E-state index in [-0.39, 0.29) is 4.90 Å². The highest BCUT2D eigenvalue weighted by Crippen LogP contribution is 2.27. The van der Waals surface area contributed by atoms with Gasteiger partial charge in [-0.15, -0.1) is 0 Å². The number of nitrogens with zero attached hydrogens (tertiary/aromatic N) is 2. The molecule has 0 saturated carbocycles. The highest BCUT2D eigenvalue weighted by Gasteiger charge is 2.18. The predicted molar refractivity (Wildman–Crippen MR) is 85.8 cm³/mol. The molecule has 0 unspecified atom stereocenters. The minimum absolute atomic E-state index is 0.145. The summed E-state index contributed by atoms with van der Waals surface area (Å²) in [5.41, 5.74) is 1.47. The van der Waals surface area contributed by atoms with Crippen LogP contribution in [0.5, 0.6) is 0 Å². The van der Waals surface area contributed by atoms with E-state index < -0.39 is 10.0 Å². The molecule has 0 aliphatic carbocycles. The first-order chi connectivity index (χ1) is 9.94. The molecule has 0 bridgehead atoms. The molecule has 2 N–H and O–H groups in total. The third-order valence-electron chi connectivity index (χ3n) is 2.95. The molecule has 0 saturated heterocycles. The maximum atomic E-state index is 12.4. The van der Waals surface area contributed by atoms with Crippen LogP contribution in [0.1, 0.15) is 5.56 Å². The van der Waals surface area contributed by atoms with Gasteiger partial charge in [0.05, 0.1) is 18.4 Å². The lowest BCUT2D eigenvalue weighted by molar-refractivity contribution is 0.582. The quantitative estimate of drug-likeness (QED) is 0.812. The normalized spacial score (nSPS) is 11.6. The third kappa shape index (κ3) is 3.84. The number of benzene rings is 1. The molecule has 6 nitrogen and oxygen atoms in total. The Kier molecular flexibility index (Phi) is 5.02. The minimum atomic E-state index is -3.64. The predicted octanol–water partition coefficient (Wildman–Crippen LogP) is 1.97. The van der Waals surface area contributed by atoms with Gasteiger partial charge in [0.25, 0.3) is 10.0 Å². The standard InChI is InChI=1S/C13H17BrN4O2S/c1-10-4-3-5-12(13(10)14)17-21(19,20)11-8-16-18(9-11)7-6-15-2/h3-5,8-9,15,17H,6-7H2,1-2H3. The van der Waals surface area contributed by atoms with E-state index in [0.29, 0.717) is 12.2 Å². The first-order valence-electron chi connectivity index (χ1n) is 6.39. The Hall–Kier alpha value is -1.38. The van der Waals surface area contributed by atoms with Crippen LogP contribution >= 0.6 is 15.9 Å². The Morgan fingerprint density at radius 1 is 1.38 bits per heavy atom. The maximum absolute atomic E-state index is 12.4. The molecular weight excluding hydrogens is 356 g/mol. The van der Waals surface area contributed by atoms with Crippen LogP contribution in [-0.2, 0) is 16.6 Å². The Morgan fingerprint density at radius 3 is 2.86 bits per heavy atom. The van der Waals surface area contributed by atoms with Gasteiger partial charge in [0.15, 0.2) is 0 Å². The van der Waals surface area contributed by atoms with Gasteiger partial charge in [0, 0.05) is 17.2 Å². The molecule has 2 aromatic rings. The summed E-state index contributed by atoms with van der Waals surface area (Å²) in [6.45, 7) is 3.23. The molecule has 0 aliphatic heterocycles. The number of nitrogens with one attached hydrogen (secondary N) is 2. The lowest BCUT2D eigenvalue weighted by Gasteiger charge is -2.09. The zero-order chi connectivity index (χ0) is 15.5. The van der Waals surface area contributed by atoms with Gasteiger partial charge >= 0.3 is 0 Å². The molecule has 0 atom stereocenters. The molecule has 21 heavy (non-hydrogen) atoms. The lowest BCUT2D eigenvalue weighted by Crippen LogP contribution is -2.15. The van der Waals surface area contributed by atoms with E-state index in [4.69, 9.17) is 0 Å². The number of hydrogen-bond donors (Lipinski definition) is 2. The van der Waals surface area contributed by atoms with Crippen LogP contribution in [0, 0.1) is 6.92 Å². The Morgan fingerprint density at radius 2 is 2.14 bits per heavy atom. The second-order valence-electron chi connectivity index (χ2n) is 4.58. The fourth-order valence-electron chi connectivity index (χ4n) is 1.76. The molecule has 0 radical (unpaired) electrons. The molecule has 114 valence electrons. The Bertz CT molecular complexity index is 728. The van der Waals surface area contributed by atoms with Crippen molar-refractivity contribution in [1.29, 1.82) is 0 Å². The maximum Gasteiger partial charge on any atom is 0.265 e. The number of rotatable bonds is 6. The van der Waals surface area contributed by atoms with E-state index in [1.54, 1.807) is 16.8 Å². The third-order valence-corrected chi connectivity index (χ3v) is 5.32. The van der Waals surface area contributed by atoms with Crippen molar-refractivity contribution in [2.24, 2.45) is 0 Å². The number of anilines is 1. The average Bonchev–Trinajstić information content (AvgIpc) is 2.91. The van der Waals surface area contributed by atoms with Crippen molar-refractivity contribution in [3.63, 3.8) is 0 Å². The van der Waals surface area contributed by atoms with Crippen LogP contribution in [0.15, 0.2) is 40.0 Å². The van der Waals surface area contributed by atoms with Gasteiger partial charge in [0.1, 0.15) is 4.90 Å². The van der Waals surface area contributed by atoms with Crippen molar-refractivity contribution in [2.75, 3.05) is 18.3 Å². The molecule has 2 rings (SSSR count). The zero-order valence-corrected chi connectivity index (χ0v) is 14.2. The van der Waals surface area contributed by atoms with Gasteiger partial charge in [-0.1, -0.05) is 12.1 Å². The van der Waals surface area contributed by atoms with Gasteiger partial charge in [-0.05, 0) is 41.5 Å². The van der Waals surface area contributed by atoms with Gasteiger partial charge in [0.2, 0.25) is 0 Å². The van der Waals surface area contributed by atoms with Crippen molar-refractivity contribution in [2.45, 2.75) is 18.4 Å². The monoisotopic (exact) mass is 372 g/mol. The van der Waals surface area contributed by atoms with Crippen molar-refractivity contribution >= 4 is 31.6 Å². The molecule has 0 aliphatic rings. The van der Waals surface area contributed by atoms with E-state index in [9.17, 15) is 8.42 Å². The van der Waals surface area contributed by atoms with Crippen molar-refractivity contribution in [3.05, 3.63) is 40.6 Å². The summed E-state index contributed by atoms with van der Waals surface area (Å²) in [5, 5.41) is 7.03. The molecule has 1 aromatic carbocycles. The second-order valence-corrected chi connectivity index (χ2v) is 7.06. The van der Waals surface area contributed by atoms with Crippen molar-refractivity contribution in [3.8, 4) is 0 Å². The van der Waals surface area contributed by atoms with Crippen molar-refractivity contribution < 1.29 is 8.42 Å². The van der Waals surface area contributed by atoms with Crippen LogP contribution in [0.3, 0.4) is 0 Å².